The second-order valence-electron chi connectivity index (χ2n) is 19.2. The van der Waals surface area contributed by atoms with Crippen LogP contribution in [0, 0.1) is 68.0 Å². The van der Waals surface area contributed by atoms with Crippen LogP contribution in [0.5, 0.6) is 0 Å². The van der Waals surface area contributed by atoms with Gasteiger partial charge >= 0.3 is 0 Å². The molecule has 10 heteroatoms. The highest BCUT2D eigenvalue weighted by Crippen LogP contribution is 2.45. The van der Waals surface area contributed by atoms with Crippen molar-refractivity contribution in [2.45, 2.75) is 0 Å². The molecule has 0 radical (unpaired) electrons. The van der Waals surface area contributed by atoms with E-state index in [9.17, 15) is 31.6 Å². The number of nitrogens with zero attached hydrogens (tertiary/aromatic N) is 10. The Morgan fingerprint density at radius 1 is 0.287 bits per heavy atom. The van der Waals surface area contributed by atoms with E-state index >= 15 is 0 Å². The van der Waals surface area contributed by atoms with E-state index in [4.69, 9.17) is 9.97 Å². The molecule has 0 amide bonds. The Kier molecular flexibility index (Phi) is 11.6. The third kappa shape index (κ3) is 7.84. The van der Waals surface area contributed by atoms with Crippen molar-refractivity contribution in [2.24, 2.45) is 0 Å². The highest BCUT2D eigenvalue weighted by Gasteiger charge is 2.24. The lowest BCUT2D eigenvalue weighted by Gasteiger charge is -2.20. The van der Waals surface area contributed by atoms with Crippen LogP contribution in [0.25, 0.3) is 122 Å². The van der Waals surface area contributed by atoms with E-state index in [0.29, 0.717) is 28.1 Å². The Bertz CT molecular complexity index is 4900. The van der Waals surface area contributed by atoms with Crippen LogP contribution in [-0.2, 0) is 0 Å². The first-order valence-corrected chi connectivity index (χ1v) is 25.5. The van der Waals surface area contributed by atoms with Gasteiger partial charge in [-0.25, -0.2) is 9.97 Å². The number of fused-ring (bicyclic) bond motifs is 6. The molecule has 13 aromatic rings. The van der Waals surface area contributed by atoms with Crippen molar-refractivity contribution in [3.8, 4) is 115 Å². The molecule has 0 N–H and O–H groups in total. The second-order valence-corrected chi connectivity index (χ2v) is 19.2. The quantitative estimate of drug-likeness (QED) is 0.144. The third-order valence-electron chi connectivity index (χ3n) is 14.7. The predicted molar refractivity (Wildman–Crippen MR) is 312 cm³/mol. The van der Waals surface area contributed by atoms with Gasteiger partial charge in [-0.3, -0.25) is 0 Å². The van der Waals surface area contributed by atoms with Crippen LogP contribution in [0.15, 0.2) is 218 Å². The lowest BCUT2D eigenvalue weighted by Crippen LogP contribution is -2.02. The first-order valence-electron chi connectivity index (χ1n) is 25.5. The van der Waals surface area contributed by atoms with Crippen molar-refractivity contribution < 1.29 is 0 Å². The Labute approximate surface area is 458 Å². The van der Waals surface area contributed by atoms with Gasteiger partial charge in [0, 0.05) is 60.5 Å². The maximum Gasteiger partial charge on any atom is 0.160 e. The van der Waals surface area contributed by atoms with Crippen molar-refractivity contribution in [1.29, 1.82) is 31.6 Å². The summed E-state index contributed by atoms with van der Waals surface area (Å²) in [5.41, 5.74) is 15.1. The second kappa shape index (κ2) is 19.5. The molecule has 0 unspecified atom stereocenters. The first kappa shape index (κ1) is 47.5. The number of para-hydroxylation sites is 3. The molecule has 366 valence electrons. The van der Waals surface area contributed by atoms with Gasteiger partial charge in [-0.2, -0.15) is 31.6 Å². The van der Waals surface area contributed by atoms with Crippen LogP contribution < -0.4 is 0 Å². The van der Waals surface area contributed by atoms with Crippen molar-refractivity contribution in [3.63, 3.8) is 0 Å². The lowest BCUT2D eigenvalue weighted by atomic mass is 9.92. The summed E-state index contributed by atoms with van der Waals surface area (Å²) in [6, 6.07) is 84.5. The number of nitriles is 6. The number of rotatable bonds is 8. The summed E-state index contributed by atoms with van der Waals surface area (Å²) in [4.78, 5) is 10.4. The van der Waals surface area contributed by atoms with E-state index in [2.05, 4.69) is 100 Å². The average Bonchev–Trinajstić information content (AvgIpc) is 4.07. The molecule has 0 aliphatic rings. The molecular weight excluding hydrogens is 981 g/mol. The minimum atomic E-state index is 0.238. The van der Waals surface area contributed by atoms with E-state index in [1.165, 1.54) is 24.3 Å². The SMILES string of the molecule is N#Cc1cc(C#N)c(-c2ccc3c(c2)c2ccccc2n3-c2ccccc2-c2cc(-c3cc(-c4ccccc4)nc(-c4ccccc4)n3)ccc2-n2c3ccccc3c3cc(-c4c(C#N)cc(C#N)cc4C#N)ccc32)c(C#N)c1. The maximum atomic E-state index is 10.4. The molecule has 80 heavy (non-hydrogen) atoms. The van der Waals surface area contributed by atoms with Crippen molar-refractivity contribution in [1.82, 2.24) is 19.1 Å². The molecule has 13 rings (SSSR count). The molecule has 0 fully saturated rings. The molecule has 0 bridgehead atoms. The summed E-state index contributed by atoms with van der Waals surface area (Å²) in [5.74, 6) is 0.585. The fraction of sp³-hybridized carbons (Fsp3) is 0. The molecule has 3 heterocycles. The molecule has 0 saturated heterocycles. The molecule has 0 aliphatic heterocycles. The molecule has 10 nitrogen and oxygen atoms in total. The van der Waals surface area contributed by atoms with E-state index in [1.807, 2.05) is 140 Å². The monoisotopic (exact) mass is 1020 g/mol. The molecular formula is C70H36N10. The van der Waals surface area contributed by atoms with Gasteiger partial charge in [0.2, 0.25) is 0 Å². The van der Waals surface area contributed by atoms with Gasteiger partial charge in [-0.1, -0.05) is 133 Å². The highest BCUT2D eigenvalue weighted by molar-refractivity contribution is 6.13. The average molecular weight is 1020 g/mol. The van der Waals surface area contributed by atoms with Crippen molar-refractivity contribution >= 4 is 43.6 Å². The summed E-state index contributed by atoms with van der Waals surface area (Å²) in [7, 11) is 0. The van der Waals surface area contributed by atoms with E-state index < -0.39 is 0 Å². The largest absolute Gasteiger partial charge is 0.309 e. The van der Waals surface area contributed by atoms with Crippen molar-refractivity contribution in [2.75, 3.05) is 0 Å². The van der Waals surface area contributed by atoms with Crippen LogP contribution in [0.3, 0.4) is 0 Å². The number of hydrogen-bond donors (Lipinski definition) is 0. The van der Waals surface area contributed by atoms with Gasteiger partial charge in [0.1, 0.15) is 0 Å². The summed E-state index contributed by atoms with van der Waals surface area (Å²) < 4.78 is 4.52. The molecule has 10 aromatic carbocycles. The van der Waals surface area contributed by atoms with Crippen LogP contribution >= 0.6 is 0 Å². The standard InChI is InChI=1S/C70H36N10/c71-37-43-29-50(39-73)68(51(30-43)40-74)48-24-27-66-58(34-48)55-18-8-11-21-63(55)79(66)62-20-10-7-17-54(62)57-33-47(61-36-60(45-13-3-1-4-14-45)77-70(78-61)46-15-5-2-6-16-46)23-26-65(57)80-64-22-12-9-19-56(64)59-35-49(25-28-67(59)80)69-52(41-75)31-44(38-72)32-53(69)42-76/h1-36H. The fourth-order valence-corrected chi connectivity index (χ4v) is 11.2. The minimum Gasteiger partial charge on any atom is -0.309 e. The molecule has 3 aromatic heterocycles. The predicted octanol–water partition coefficient (Wildman–Crippen LogP) is 15.9. The maximum absolute atomic E-state index is 10.4. The van der Waals surface area contributed by atoms with Crippen LogP contribution in [0.1, 0.15) is 33.4 Å². The number of hydrogen-bond acceptors (Lipinski definition) is 8. The highest BCUT2D eigenvalue weighted by atomic mass is 15.0. The minimum absolute atomic E-state index is 0.238. The topological polar surface area (TPSA) is 178 Å². The smallest absolute Gasteiger partial charge is 0.160 e. The zero-order chi connectivity index (χ0) is 54.4. The Morgan fingerprint density at radius 3 is 1.20 bits per heavy atom. The normalized spacial score (nSPS) is 10.9. The van der Waals surface area contributed by atoms with Gasteiger partial charge in [-0.05, 0) is 96.1 Å². The van der Waals surface area contributed by atoms with Crippen LogP contribution in [0.2, 0.25) is 0 Å². The van der Waals surface area contributed by atoms with Crippen LogP contribution in [-0.4, -0.2) is 19.1 Å². The first-order chi connectivity index (χ1) is 39.4. The molecule has 0 spiro atoms. The molecule has 0 atom stereocenters. The van der Waals surface area contributed by atoms with Crippen molar-refractivity contribution in [3.05, 3.63) is 252 Å². The van der Waals surface area contributed by atoms with Gasteiger partial charge in [0.05, 0.1) is 115 Å². The van der Waals surface area contributed by atoms with Gasteiger partial charge < -0.3 is 9.13 Å². The summed E-state index contributed by atoms with van der Waals surface area (Å²) >= 11 is 0. The third-order valence-corrected chi connectivity index (χ3v) is 14.7. The summed E-state index contributed by atoms with van der Waals surface area (Å²) in [6.07, 6.45) is 0. The molecule has 0 aliphatic carbocycles. The number of benzene rings is 10. The zero-order valence-electron chi connectivity index (χ0n) is 42.3. The molecule has 0 saturated carbocycles. The van der Waals surface area contributed by atoms with Crippen LogP contribution in [0.4, 0.5) is 0 Å². The van der Waals surface area contributed by atoms with E-state index in [1.54, 1.807) is 0 Å². The Balaban J connectivity index is 1.09. The van der Waals surface area contributed by atoms with E-state index in [-0.39, 0.29) is 33.4 Å². The summed E-state index contributed by atoms with van der Waals surface area (Å²) in [5, 5.41) is 64.6. The van der Waals surface area contributed by atoms with Gasteiger partial charge in [-0.15, -0.1) is 0 Å². The van der Waals surface area contributed by atoms with Gasteiger partial charge in [0.15, 0.2) is 5.82 Å². The lowest BCUT2D eigenvalue weighted by molar-refractivity contribution is 1.16. The zero-order valence-corrected chi connectivity index (χ0v) is 42.3. The number of aromatic nitrogens is 4. The summed E-state index contributed by atoms with van der Waals surface area (Å²) in [6.45, 7) is 0. The Morgan fingerprint density at radius 2 is 0.700 bits per heavy atom. The van der Waals surface area contributed by atoms with E-state index in [0.717, 1.165) is 94.2 Å². The van der Waals surface area contributed by atoms with Gasteiger partial charge in [0.25, 0.3) is 0 Å². The fourth-order valence-electron chi connectivity index (χ4n) is 11.2. The Hall–Kier alpha value is -12.2.